The summed E-state index contributed by atoms with van der Waals surface area (Å²) in [6, 6.07) is 0. The minimum absolute atomic E-state index is 0.0855. The molecule has 0 N–H and O–H groups in total. The Kier molecular flexibility index (Phi) is 4.38. The molecule has 2 heteroatoms. The third kappa shape index (κ3) is 3.66. The maximum absolute atomic E-state index is 12.1. The topological polar surface area (TPSA) is 26.3 Å². The van der Waals surface area contributed by atoms with Gasteiger partial charge in [-0.15, -0.1) is 0 Å². The number of ether oxygens (including phenoxy) is 1. The van der Waals surface area contributed by atoms with E-state index < -0.39 is 5.41 Å². The van der Waals surface area contributed by atoms with Gasteiger partial charge in [0.25, 0.3) is 0 Å². The summed E-state index contributed by atoms with van der Waals surface area (Å²) in [6.45, 7) is 18.1. The maximum Gasteiger partial charge on any atom is 0.317 e. The fourth-order valence-electron chi connectivity index (χ4n) is 1.91. The summed E-state index contributed by atoms with van der Waals surface area (Å²) < 4.78 is 5.00. The van der Waals surface area contributed by atoms with Crippen LogP contribution in [0, 0.1) is 16.2 Å². The number of carbonyl (C=O) groups excluding carboxylic acids is 1. The molecule has 0 amide bonds. The van der Waals surface area contributed by atoms with Crippen molar-refractivity contribution in [2.24, 2.45) is 16.2 Å². The molecule has 0 aromatic heterocycles. The summed E-state index contributed by atoms with van der Waals surface area (Å²) in [4.78, 5) is 12.1. The molecule has 94 valence electrons. The molecule has 0 aliphatic heterocycles. The Labute approximate surface area is 100 Å². The highest BCUT2D eigenvalue weighted by molar-refractivity contribution is 5.78. The van der Waals surface area contributed by atoms with Crippen LogP contribution in [-0.4, -0.2) is 5.97 Å². The molecular weight excluding hydrogens is 200 g/mol. The second kappa shape index (κ2) is 4.60. The van der Waals surface area contributed by atoms with Gasteiger partial charge in [-0.3, -0.25) is 4.79 Å². The second-order valence-corrected chi connectivity index (χ2v) is 6.89. The number of esters is 1. The van der Waals surface area contributed by atoms with E-state index in [9.17, 15) is 4.79 Å². The third-order valence-electron chi connectivity index (χ3n) is 3.18. The number of hydrogen-bond acceptors (Lipinski definition) is 2. The molecule has 0 rings (SSSR count). The number of hydrogen-bond donors (Lipinski definition) is 0. The maximum atomic E-state index is 12.1. The van der Waals surface area contributed by atoms with E-state index in [1.165, 1.54) is 6.26 Å². The van der Waals surface area contributed by atoms with E-state index in [1.807, 2.05) is 6.92 Å². The normalized spacial score (nSPS) is 16.4. The van der Waals surface area contributed by atoms with Crippen LogP contribution in [0.4, 0.5) is 0 Å². The number of carbonyl (C=O) groups is 1. The zero-order valence-electron chi connectivity index (χ0n) is 11.8. The minimum atomic E-state index is -0.501. The van der Waals surface area contributed by atoms with Crippen LogP contribution in [0.5, 0.6) is 0 Å². The van der Waals surface area contributed by atoms with Crippen LogP contribution in [0.25, 0.3) is 0 Å². The van der Waals surface area contributed by atoms with E-state index in [-0.39, 0.29) is 16.8 Å². The van der Waals surface area contributed by atoms with E-state index in [1.54, 1.807) is 0 Å². The Bertz CT molecular complexity index is 265. The monoisotopic (exact) mass is 226 g/mol. The molecule has 0 heterocycles. The van der Waals surface area contributed by atoms with Crippen LogP contribution >= 0.6 is 0 Å². The summed E-state index contributed by atoms with van der Waals surface area (Å²) in [5, 5.41) is 0. The highest BCUT2D eigenvalue weighted by atomic mass is 16.5. The SMILES string of the molecule is C=COC(=O)C(C)(CC(C)(C)C)C(C)(C)C. The molecule has 0 radical (unpaired) electrons. The van der Waals surface area contributed by atoms with E-state index in [2.05, 4.69) is 48.1 Å². The van der Waals surface area contributed by atoms with Crippen molar-refractivity contribution in [2.45, 2.75) is 54.9 Å². The molecule has 0 aliphatic carbocycles. The first kappa shape index (κ1) is 15.2. The van der Waals surface area contributed by atoms with Crippen LogP contribution in [0.1, 0.15) is 54.9 Å². The van der Waals surface area contributed by atoms with Crippen molar-refractivity contribution in [3.8, 4) is 0 Å². The second-order valence-electron chi connectivity index (χ2n) is 6.89. The van der Waals surface area contributed by atoms with E-state index in [0.717, 1.165) is 6.42 Å². The fourth-order valence-corrected chi connectivity index (χ4v) is 1.91. The third-order valence-corrected chi connectivity index (χ3v) is 3.18. The van der Waals surface area contributed by atoms with Crippen molar-refractivity contribution in [2.75, 3.05) is 0 Å². The molecule has 16 heavy (non-hydrogen) atoms. The van der Waals surface area contributed by atoms with Crippen molar-refractivity contribution >= 4 is 5.97 Å². The standard InChI is InChI=1S/C14H26O2/c1-9-16-11(15)14(8,13(5,6)7)10-12(2,3)4/h9H,1,10H2,2-8H3. The molecule has 0 saturated carbocycles. The van der Waals surface area contributed by atoms with Crippen molar-refractivity contribution in [3.05, 3.63) is 12.8 Å². The molecule has 0 spiro atoms. The zero-order chi connectivity index (χ0) is 13.2. The van der Waals surface area contributed by atoms with Crippen molar-refractivity contribution < 1.29 is 9.53 Å². The Morgan fingerprint density at radius 1 is 1.12 bits per heavy atom. The molecule has 2 nitrogen and oxygen atoms in total. The molecule has 1 unspecified atom stereocenters. The predicted octanol–water partition coefficient (Wildman–Crippen LogP) is 4.16. The van der Waals surface area contributed by atoms with Gasteiger partial charge in [0, 0.05) is 0 Å². The Morgan fingerprint density at radius 3 is 1.81 bits per heavy atom. The van der Waals surface area contributed by atoms with Crippen LogP contribution in [0.2, 0.25) is 0 Å². The number of rotatable bonds is 3. The van der Waals surface area contributed by atoms with Gasteiger partial charge in [0.05, 0.1) is 11.7 Å². The smallest absolute Gasteiger partial charge is 0.317 e. The fraction of sp³-hybridized carbons (Fsp3) is 0.786. The first-order chi connectivity index (χ1) is 6.94. The Hall–Kier alpha value is -0.790. The lowest BCUT2D eigenvalue weighted by Gasteiger charge is -2.43. The molecule has 0 aliphatic rings. The molecule has 0 saturated heterocycles. The highest BCUT2D eigenvalue weighted by Gasteiger charge is 2.47. The van der Waals surface area contributed by atoms with Crippen molar-refractivity contribution in [1.29, 1.82) is 0 Å². The van der Waals surface area contributed by atoms with Crippen LogP contribution in [0.15, 0.2) is 12.8 Å². The van der Waals surface area contributed by atoms with Crippen LogP contribution in [0.3, 0.4) is 0 Å². The van der Waals surface area contributed by atoms with Crippen LogP contribution in [-0.2, 0) is 9.53 Å². The highest BCUT2D eigenvalue weighted by Crippen LogP contribution is 2.47. The Balaban J connectivity index is 5.21. The van der Waals surface area contributed by atoms with Gasteiger partial charge in [0.1, 0.15) is 0 Å². The van der Waals surface area contributed by atoms with E-state index in [4.69, 9.17) is 4.74 Å². The summed E-state index contributed by atoms with van der Waals surface area (Å²) in [7, 11) is 0. The zero-order valence-corrected chi connectivity index (χ0v) is 11.8. The summed E-state index contributed by atoms with van der Waals surface area (Å²) in [6.07, 6.45) is 2.01. The van der Waals surface area contributed by atoms with Gasteiger partial charge in [-0.1, -0.05) is 48.1 Å². The van der Waals surface area contributed by atoms with Crippen molar-refractivity contribution in [3.63, 3.8) is 0 Å². The molecule has 0 bridgehead atoms. The first-order valence-corrected chi connectivity index (χ1v) is 5.76. The van der Waals surface area contributed by atoms with Crippen LogP contribution < -0.4 is 0 Å². The molecular formula is C14H26O2. The van der Waals surface area contributed by atoms with Crippen molar-refractivity contribution in [1.82, 2.24) is 0 Å². The van der Waals surface area contributed by atoms with Gasteiger partial charge in [-0.2, -0.15) is 0 Å². The lowest BCUT2D eigenvalue weighted by molar-refractivity contribution is -0.158. The van der Waals surface area contributed by atoms with Gasteiger partial charge in [-0.05, 0) is 24.2 Å². The van der Waals surface area contributed by atoms with E-state index in [0.29, 0.717) is 0 Å². The van der Waals surface area contributed by atoms with Gasteiger partial charge in [-0.25, -0.2) is 0 Å². The molecule has 0 aromatic carbocycles. The largest absolute Gasteiger partial charge is 0.435 e. The Morgan fingerprint density at radius 2 is 1.56 bits per heavy atom. The lowest BCUT2D eigenvalue weighted by Crippen LogP contribution is -2.43. The summed E-state index contributed by atoms with van der Waals surface area (Å²) >= 11 is 0. The average molecular weight is 226 g/mol. The molecule has 0 aromatic rings. The first-order valence-electron chi connectivity index (χ1n) is 5.76. The van der Waals surface area contributed by atoms with Gasteiger partial charge in [0.2, 0.25) is 0 Å². The van der Waals surface area contributed by atoms with E-state index >= 15 is 0 Å². The lowest BCUT2D eigenvalue weighted by atomic mass is 9.61. The average Bonchev–Trinajstić information content (AvgIpc) is 1.99. The summed E-state index contributed by atoms with van der Waals surface area (Å²) in [5.74, 6) is -0.190. The minimum Gasteiger partial charge on any atom is -0.435 e. The van der Waals surface area contributed by atoms with Gasteiger partial charge in [0.15, 0.2) is 0 Å². The summed E-state index contributed by atoms with van der Waals surface area (Å²) in [5.41, 5.74) is -0.554. The quantitative estimate of drug-likeness (QED) is 0.533. The molecule has 1 atom stereocenters. The van der Waals surface area contributed by atoms with Gasteiger partial charge >= 0.3 is 5.97 Å². The van der Waals surface area contributed by atoms with Gasteiger partial charge < -0.3 is 4.74 Å². The molecule has 0 fully saturated rings. The predicted molar refractivity (Wildman–Crippen MR) is 67.9 cm³/mol.